The van der Waals surface area contributed by atoms with E-state index in [9.17, 15) is 0 Å². The second kappa shape index (κ2) is 2.05. The Morgan fingerprint density at radius 2 is 2.33 bits per heavy atom. The van der Waals surface area contributed by atoms with Gasteiger partial charge in [0.05, 0.1) is 5.69 Å². The molecule has 0 aliphatic heterocycles. The quantitative estimate of drug-likeness (QED) is 0.574. The van der Waals surface area contributed by atoms with Crippen molar-refractivity contribution in [3.8, 4) is 0 Å². The molecule has 0 radical (unpaired) electrons. The number of anilines is 1. The molecule has 4 heteroatoms. The highest BCUT2D eigenvalue weighted by atomic mass is 15.4. The summed E-state index contributed by atoms with van der Waals surface area (Å²) < 4.78 is 1.69. The van der Waals surface area contributed by atoms with Gasteiger partial charge in [-0.2, -0.15) is 0 Å². The van der Waals surface area contributed by atoms with Crippen LogP contribution in [0.1, 0.15) is 12.6 Å². The lowest BCUT2D eigenvalue weighted by molar-refractivity contribution is 0.682. The molecule has 0 spiro atoms. The van der Waals surface area contributed by atoms with Gasteiger partial charge in [0.15, 0.2) is 5.82 Å². The topological polar surface area (TPSA) is 56.7 Å². The van der Waals surface area contributed by atoms with Gasteiger partial charge in [0.25, 0.3) is 0 Å². The van der Waals surface area contributed by atoms with Crippen molar-refractivity contribution in [2.24, 2.45) is 7.05 Å². The van der Waals surface area contributed by atoms with Crippen LogP contribution in [0.25, 0.3) is 0 Å². The maximum atomic E-state index is 5.46. The van der Waals surface area contributed by atoms with Gasteiger partial charge < -0.3 is 5.73 Å². The molecule has 1 rings (SSSR count). The first kappa shape index (κ1) is 6.07. The van der Waals surface area contributed by atoms with Crippen molar-refractivity contribution in [1.29, 1.82) is 0 Å². The first-order valence-electron chi connectivity index (χ1n) is 2.89. The molecule has 0 saturated carbocycles. The van der Waals surface area contributed by atoms with Gasteiger partial charge in [-0.15, -0.1) is 5.10 Å². The molecule has 2 N–H and O–H groups in total. The summed E-state index contributed by atoms with van der Waals surface area (Å²) in [7, 11) is 1.84. The van der Waals surface area contributed by atoms with E-state index in [-0.39, 0.29) is 0 Å². The molecular formula is C5H10N4. The number of nitrogens with zero attached hydrogens (tertiary/aromatic N) is 3. The van der Waals surface area contributed by atoms with Crippen molar-refractivity contribution in [3.05, 3.63) is 5.69 Å². The van der Waals surface area contributed by atoms with Crippen LogP contribution >= 0.6 is 0 Å². The van der Waals surface area contributed by atoms with Crippen molar-refractivity contribution in [2.45, 2.75) is 13.3 Å². The highest BCUT2D eigenvalue weighted by Crippen LogP contribution is 2.04. The summed E-state index contributed by atoms with van der Waals surface area (Å²) in [6.45, 7) is 2.02. The molecule has 0 fully saturated rings. The predicted octanol–water partition coefficient (Wildman–Crippen LogP) is -0.0403. The lowest BCUT2D eigenvalue weighted by Crippen LogP contribution is -1.98. The molecule has 0 aromatic carbocycles. The lowest BCUT2D eigenvalue weighted by Gasteiger charge is -1.93. The second-order valence-electron chi connectivity index (χ2n) is 1.90. The Hall–Kier alpha value is -1.06. The molecular weight excluding hydrogens is 116 g/mol. The zero-order valence-electron chi connectivity index (χ0n) is 5.63. The molecule has 0 saturated heterocycles. The zero-order valence-corrected chi connectivity index (χ0v) is 5.63. The lowest BCUT2D eigenvalue weighted by atomic mass is 10.3. The minimum absolute atomic E-state index is 0.542. The summed E-state index contributed by atoms with van der Waals surface area (Å²) in [5.41, 5.74) is 6.45. The van der Waals surface area contributed by atoms with Crippen LogP contribution in [-0.4, -0.2) is 15.0 Å². The van der Waals surface area contributed by atoms with Gasteiger partial charge >= 0.3 is 0 Å². The first-order valence-corrected chi connectivity index (χ1v) is 2.89. The molecule has 0 aliphatic carbocycles. The molecule has 0 aliphatic rings. The molecule has 50 valence electrons. The van der Waals surface area contributed by atoms with Gasteiger partial charge in [-0.1, -0.05) is 12.1 Å². The van der Waals surface area contributed by atoms with E-state index in [1.54, 1.807) is 4.68 Å². The van der Waals surface area contributed by atoms with Gasteiger partial charge in [0.2, 0.25) is 0 Å². The third-order valence-corrected chi connectivity index (χ3v) is 1.31. The van der Waals surface area contributed by atoms with Crippen LogP contribution in [0.15, 0.2) is 0 Å². The average molecular weight is 126 g/mol. The van der Waals surface area contributed by atoms with Gasteiger partial charge in [-0.05, 0) is 6.42 Å². The summed E-state index contributed by atoms with van der Waals surface area (Å²) in [4.78, 5) is 0. The van der Waals surface area contributed by atoms with E-state index >= 15 is 0 Å². The number of nitrogens with two attached hydrogens (primary N) is 1. The minimum Gasteiger partial charge on any atom is -0.381 e. The molecule has 0 amide bonds. The Morgan fingerprint density at radius 1 is 1.67 bits per heavy atom. The van der Waals surface area contributed by atoms with E-state index in [1.165, 1.54) is 0 Å². The Balaban J connectivity index is 3.07. The van der Waals surface area contributed by atoms with E-state index in [0.717, 1.165) is 12.1 Å². The van der Waals surface area contributed by atoms with Gasteiger partial charge in [-0.25, -0.2) is 0 Å². The van der Waals surface area contributed by atoms with Crippen molar-refractivity contribution < 1.29 is 0 Å². The van der Waals surface area contributed by atoms with Crippen LogP contribution in [-0.2, 0) is 13.5 Å². The van der Waals surface area contributed by atoms with Crippen LogP contribution in [0.4, 0.5) is 5.82 Å². The molecule has 1 aromatic rings. The molecule has 4 nitrogen and oxygen atoms in total. The first-order chi connectivity index (χ1) is 4.25. The Kier molecular flexibility index (Phi) is 1.38. The van der Waals surface area contributed by atoms with E-state index in [2.05, 4.69) is 10.3 Å². The van der Waals surface area contributed by atoms with Crippen molar-refractivity contribution in [1.82, 2.24) is 15.0 Å². The van der Waals surface area contributed by atoms with Crippen molar-refractivity contribution in [2.75, 3.05) is 5.73 Å². The van der Waals surface area contributed by atoms with E-state index in [1.807, 2.05) is 14.0 Å². The zero-order chi connectivity index (χ0) is 6.85. The average Bonchev–Trinajstić information content (AvgIpc) is 2.12. The number of hydrogen-bond acceptors (Lipinski definition) is 3. The number of aryl methyl sites for hydroxylation is 1. The monoisotopic (exact) mass is 126 g/mol. The van der Waals surface area contributed by atoms with E-state index < -0.39 is 0 Å². The molecule has 0 unspecified atom stereocenters. The number of rotatable bonds is 1. The Morgan fingerprint density at radius 3 is 2.56 bits per heavy atom. The maximum absolute atomic E-state index is 5.46. The largest absolute Gasteiger partial charge is 0.381 e. The molecule has 9 heavy (non-hydrogen) atoms. The summed E-state index contributed by atoms with van der Waals surface area (Å²) >= 11 is 0. The van der Waals surface area contributed by atoms with E-state index in [0.29, 0.717) is 5.82 Å². The fourth-order valence-electron chi connectivity index (χ4n) is 0.803. The molecule has 1 heterocycles. The van der Waals surface area contributed by atoms with Crippen molar-refractivity contribution >= 4 is 5.82 Å². The summed E-state index contributed by atoms with van der Waals surface area (Å²) in [5, 5.41) is 7.41. The Labute approximate surface area is 53.7 Å². The van der Waals surface area contributed by atoms with Gasteiger partial charge in [-0.3, -0.25) is 4.68 Å². The summed E-state index contributed by atoms with van der Waals surface area (Å²) in [6.07, 6.45) is 0.884. The summed E-state index contributed by atoms with van der Waals surface area (Å²) in [6, 6.07) is 0. The van der Waals surface area contributed by atoms with Gasteiger partial charge in [0, 0.05) is 7.05 Å². The highest BCUT2D eigenvalue weighted by molar-refractivity contribution is 5.32. The molecule has 0 bridgehead atoms. The number of nitrogen functional groups attached to an aromatic ring is 1. The van der Waals surface area contributed by atoms with Crippen LogP contribution < -0.4 is 5.73 Å². The smallest absolute Gasteiger partial charge is 0.169 e. The van der Waals surface area contributed by atoms with Crippen LogP contribution in [0.2, 0.25) is 0 Å². The van der Waals surface area contributed by atoms with Gasteiger partial charge in [0.1, 0.15) is 0 Å². The summed E-state index contributed by atoms with van der Waals surface area (Å²) in [5.74, 6) is 0.542. The number of aromatic nitrogens is 3. The minimum atomic E-state index is 0.542. The van der Waals surface area contributed by atoms with Crippen LogP contribution in [0.5, 0.6) is 0 Å². The predicted molar refractivity (Wildman–Crippen MR) is 34.8 cm³/mol. The molecule has 0 atom stereocenters. The fourth-order valence-corrected chi connectivity index (χ4v) is 0.803. The number of hydrogen-bond donors (Lipinski definition) is 1. The third-order valence-electron chi connectivity index (χ3n) is 1.31. The Bertz CT molecular complexity index is 183. The van der Waals surface area contributed by atoms with Crippen molar-refractivity contribution in [3.63, 3.8) is 0 Å². The van der Waals surface area contributed by atoms with Crippen LogP contribution in [0.3, 0.4) is 0 Å². The van der Waals surface area contributed by atoms with E-state index in [4.69, 9.17) is 5.73 Å². The standard InChI is InChI=1S/C5H10N4/c1-3-4-5(6)7-8-9(4)2/h3,6H2,1-2H3. The fraction of sp³-hybridized carbons (Fsp3) is 0.600. The third kappa shape index (κ3) is 0.872. The SMILES string of the molecule is CCc1c(N)nnn1C. The second-order valence-corrected chi connectivity index (χ2v) is 1.90. The van der Waals surface area contributed by atoms with Crippen LogP contribution in [0, 0.1) is 0 Å². The maximum Gasteiger partial charge on any atom is 0.169 e. The highest BCUT2D eigenvalue weighted by Gasteiger charge is 2.01. The normalized spacial score (nSPS) is 10.0. The molecule has 1 aromatic heterocycles.